The van der Waals surface area contributed by atoms with Gasteiger partial charge in [0.05, 0.1) is 6.10 Å². The maximum Gasteiger partial charge on any atom is 0.122 e. The molecule has 0 aromatic heterocycles. The Morgan fingerprint density at radius 1 is 1.47 bits per heavy atom. The summed E-state index contributed by atoms with van der Waals surface area (Å²) in [5, 5.41) is 4.05. The van der Waals surface area contributed by atoms with Crippen LogP contribution < -0.4 is 10.1 Å². The zero-order valence-electron chi connectivity index (χ0n) is 10.2. The molecule has 0 aliphatic carbocycles. The molecule has 2 atom stereocenters. The lowest BCUT2D eigenvalue weighted by atomic mass is 10.2. The van der Waals surface area contributed by atoms with Crippen LogP contribution in [0.5, 0.6) is 5.75 Å². The number of hydrogen-bond acceptors (Lipinski definition) is 3. The van der Waals surface area contributed by atoms with E-state index in [0.29, 0.717) is 6.61 Å². The molecular formula is C13H18ClNO2. The van der Waals surface area contributed by atoms with Gasteiger partial charge in [-0.05, 0) is 37.6 Å². The molecule has 3 nitrogen and oxygen atoms in total. The Hall–Kier alpha value is -0.770. The number of nitrogens with one attached hydrogen (secondary N) is 1. The third-order valence-corrected chi connectivity index (χ3v) is 3.03. The standard InChI is InChI=1S/C13H18ClNO2/c1-9-5-11(14)3-4-13(9)16-8-12-7-15-6-10(2)17-12/h3-5,10,12,15H,6-8H2,1-2H3. The largest absolute Gasteiger partial charge is 0.491 e. The zero-order chi connectivity index (χ0) is 12.3. The van der Waals surface area contributed by atoms with Gasteiger partial charge in [0.1, 0.15) is 18.5 Å². The fourth-order valence-corrected chi connectivity index (χ4v) is 2.15. The predicted molar refractivity (Wildman–Crippen MR) is 68.9 cm³/mol. The maximum absolute atomic E-state index is 5.89. The van der Waals surface area contributed by atoms with Crippen molar-refractivity contribution in [3.8, 4) is 5.75 Å². The monoisotopic (exact) mass is 255 g/mol. The molecule has 2 unspecified atom stereocenters. The zero-order valence-corrected chi connectivity index (χ0v) is 11.0. The van der Waals surface area contributed by atoms with Crippen molar-refractivity contribution >= 4 is 11.6 Å². The van der Waals surface area contributed by atoms with Gasteiger partial charge in [0, 0.05) is 18.1 Å². The minimum Gasteiger partial charge on any atom is -0.491 e. The highest BCUT2D eigenvalue weighted by atomic mass is 35.5. The molecule has 1 saturated heterocycles. The molecule has 0 amide bonds. The van der Waals surface area contributed by atoms with E-state index in [1.165, 1.54) is 0 Å². The normalized spacial score (nSPS) is 24.6. The van der Waals surface area contributed by atoms with E-state index < -0.39 is 0 Å². The second-order valence-corrected chi connectivity index (χ2v) is 4.88. The summed E-state index contributed by atoms with van der Waals surface area (Å²) >= 11 is 5.89. The minimum absolute atomic E-state index is 0.119. The summed E-state index contributed by atoms with van der Waals surface area (Å²) in [4.78, 5) is 0. The van der Waals surface area contributed by atoms with Crippen LogP contribution in [0.3, 0.4) is 0 Å². The van der Waals surface area contributed by atoms with Gasteiger partial charge in [0.25, 0.3) is 0 Å². The van der Waals surface area contributed by atoms with Crippen molar-refractivity contribution in [2.45, 2.75) is 26.1 Å². The molecule has 1 aliphatic rings. The molecule has 0 spiro atoms. The molecule has 1 aromatic carbocycles. The van der Waals surface area contributed by atoms with Gasteiger partial charge in [-0.2, -0.15) is 0 Å². The van der Waals surface area contributed by atoms with Gasteiger partial charge in [-0.1, -0.05) is 11.6 Å². The summed E-state index contributed by atoms with van der Waals surface area (Å²) in [6.07, 6.45) is 0.373. The van der Waals surface area contributed by atoms with E-state index in [1.54, 1.807) is 0 Å². The number of halogens is 1. The van der Waals surface area contributed by atoms with Crippen LogP contribution in [0.4, 0.5) is 0 Å². The van der Waals surface area contributed by atoms with Crippen molar-refractivity contribution in [3.05, 3.63) is 28.8 Å². The number of hydrogen-bond donors (Lipinski definition) is 1. The fourth-order valence-electron chi connectivity index (χ4n) is 1.93. The van der Waals surface area contributed by atoms with Gasteiger partial charge in [-0.25, -0.2) is 0 Å². The summed E-state index contributed by atoms with van der Waals surface area (Å²) in [6, 6.07) is 5.64. The first-order valence-corrected chi connectivity index (χ1v) is 6.28. The van der Waals surface area contributed by atoms with Gasteiger partial charge in [0.2, 0.25) is 0 Å². The van der Waals surface area contributed by atoms with Gasteiger partial charge >= 0.3 is 0 Å². The highest BCUT2D eigenvalue weighted by Gasteiger charge is 2.19. The summed E-state index contributed by atoms with van der Waals surface area (Å²) in [7, 11) is 0. The Kier molecular flexibility index (Phi) is 4.26. The molecule has 1 aliphatic heterocycles. The van der Waals surface area contributed by atoms with Crippen molar-refractivity contribution in [2.75, 3.05) is 19.7 Å². The van der Waals surface area contributed by atoms with Gasteiger partial charge in [-0.3, -0.25) is 0 Å². The first-order chi connectivity index (χ1) is 8.15. The van der Waals surface area contributed by atoms with Crippen LogP contribution >= 0.6 is 11.6 Å². The molecule has 4 heteroatoms. The van der Waals surface area contributed by atoms with Crippen LogP contribution in [0.1, 0.15) is 12.5 Å². The molecule has 1 heterocycles. The van der Waals surface area contributed by atoms with Crippen molar-refractivity contribution < 1.29 is 9.47 Å². The Bertz CT molecular complexity index is 384. The Labute approximate surface area is 107 Å². The molecule has 94 valence electrons. The van der Waals surface area contributed by atoms with Crippen LogP contribution in [0.2, 0.25) is 5.02 Å². The van der Waals surface area contributed by atoms with Gasteiger partial charge in [0.15, 0.2) is 0 Å². The Morgan fingerprint density at radius 2 is 2.29 bits per heavy atom. The molecule has 2 rings (SSSR count). The molecule has 0 saturated carbocycles. The Balaban J connectivity index is 1.88. The van der Waals surface area contributed by atoms with E-state index in [2.05, 4.69) is 12.2 Å². The highest BCUT2D eigenvalue weighted by Crippen LogP contribution is 2.22. The molecule has 1 fully saturated rings. The number of morpholine rings is 1. The highest BCUT2D eigenvalue weighted by molar-refractivity contribution is 6.30. The quantitative estimate of drug-likeness (QED) is 0.900. The predicted octanol–water partition coefficient (Wildman–Crippen LogP) is 2.40. The van der Waals surface area contributed by atoms with Crippen LogP contribution in [0, 0.1) is 6.92 Å². The lowest BCUT2D eigenvalue weighted by Crippen LogP contribution is -2.45. The van der Waals surface area contributed by atoms with E-state index in [1.807, 2.05) is 25.1 Å². The van der Waals surface area contributed by atoms with E-state index in [9.17, 15) is 0 Å². The smallest absolute Gasteiger partial charge is 0.122 e. The Morgan fingerprint density at radius 3 is 3.00 bits per heavy atom. The SMILES string of the molecule is Cc1cc(Cl)ccc1OCC1CNCC(C)O1. The topological polar surface area (TPSA) is 30.5 Å². The molecule has 17 heavy (non-hydrogen) atoms. The molecule has 0 radical (unpaired) electrons. The lowest BCUT2D eigenvalue weighted by Gasteiger charge is -2.28. The van der Waals surface area contributed by atoms with Crippen molar-refractivity contribution in [1.29, 1.82) is 0 Å². The number of rotatable bonds is 3. The number of aryl methyl sites for hydroxylation is 1. The summed E-state index contributed by atoms with van der Waals surface area (Å²) in [5.74, 6) is 0.872. The third-order valence-electron chi connectivity index (χ3n) is 2.79. The van der Waals surface area contributed by atoms with Gasteiger partial charge in [-0.15, -0.1) is 0 Å². The molecule has 1 N–H and O–H groups in total. The summed E-state index contributed by atoms with van der Waals surface area (Å²) in [5.41, 5.74) is 1.05. The van der Waals surface area contributed by atoms with Crippen molar-refractivity contribution in [2.24, 2.45) is 0 Å². The molecule has 0 bridgehead atoms. The van der Waals surface area contributed by atoms with Crippen LogP contribution in [-0.2, 0) is 4.74 Å². The van der Waals surface area contributed by atoms with E-state index in [-0.39, 0.29) is 12.2 Å². The van der Waals surface area contributed by atoms with Crippen molar-refractivity contribution in [3.63, 3.8) is 0 Å². The van der Waals surface area contributed by atoms with Crippen LogP contribution in [0.15, 0.2) is 18.2 Å². The molecule has 1 aromatic rings. The second-order valence-electron chi connectivity index (χ2n) is 4.45. The summed E-state index contributed by atoms with van der Waals surface area (Å²) < 4.78 is 11.5. The number of benzene rings is 1. The van der Waals surface area contributed by atoms with E-state index in [0.717, 1.165) is 29.4 Å². The average Bonchev–Trinajstić information content (AvgIpc) is 2.28. The number of ether oxygens (including phenoxy) is 2. The van der Waals surface area contributed by atoms with Crippen LogP contribution in [-0.4, -0.2) is 31.9 Å². The van der Waals surface area contributed by atoms with Crippen molar-refractivity contribution in [1.82, 2.24) is 5.32 Å². The third kappa shape index (κ3) is 3.60. The minimum atomic E-state index is 0.119. The van der Waals surface area contributed by atoms with E-state index >= 15 is 0 Å². The first-order valence-electron chi connectivity index (χ1n) is 5.90. The second kappa shape index (κ2) is 5.71. The van der Waals surface area contributed by atoms with E-state index in [4.69, 9.17) is 21.1 Å². The van der Waals surface area contributed by atoms with Gasteiger partial charge < -0.3 is 14.8 Å². The summed E-state index contributed by atoms with van der Waals surface area (Å²) in [6.45, 7) is 6.38. The molecular weight excluding hydrogens is 238 g/mol. The average molecular weight is 256 g/mol. The maximum atomic E-state index is 5.89. The lowest BCUT2D eigenvalue weighted by molar-refractivity contribution is -0.0471. The fraction of sp³-hybridized carbons (Fsp3) is 0.538. The first kappa shape index (κ1) is 12.7. The van der Waals surface area contributed by atoms with Crippen LogP contribution in [0.25, 0.3) is 0 Å².